The highest BCUT2D eigenvalue weighted by Crippen LogP contribution is 2.29. The molecular weight excluding hydrogens is 403 g/mol. The van der Waals surface area contributed by atoms with Crippen LogP contribution < -0.4 is 5.32 Å². The third-order valence-corrected chi connectivity index (χ3v) is 7.12. The lowest BCUT2D eigenvalue weighted by Crippen LogP contribution is -2.39. The summed E-state index contributed by atoms with van der Waals surface area (Å²) >= 11 is 6.15. The minimum absolute atomic E-state index is 0.0679. The lowest BCUT2D eigenvalue weighted by molar-refractivity contribution is 0.0950. The normalized spacial score (nSPS) is 18.0. The van der Waals surface area contributed by atoms with Crippen LogP contribution in [0, 0.1) is 11.7 Å². The first-order valence-corrected chi connectivity index (χ1v) is 10.9. The minimum Gasteiger partial charge on any atom is -0.348 e. The summed E-state index contributed by atoms with van der Waals surface area (Å²) in [5.74, 6) is -0.563. The third-order valence-electron chi connectivity index (χ3n) is 4.77. The van der Waals surface area contributed by atoms with Crippen LogP contribution in [0.1, 0.15) is 35.7 Å². The molecular formula is C20H22ClFN2O3S. The second kappa shape index (κ2) is 8.59. The summed E-state index contributed by atoms with van der Waals surface area (Å²) in [6, 6.07) is 10.1. The smallest absolute Gasteiger partial charge is 0.251 e. The Kier molecular flexibility index (Phi) is 6.37. The van der Waals surface area contributed by atoms with Crippen LogP contribution in [-0.4, -0.2) is 31.7 Å². The number of hydrogen-bond acceptors (Lipinski definition) is 3. The molecule has 0 aromatic heterocycles. The summed E-state index contributed by atoms with van der Waals surface area (Å²) in [6.45, 7) is 3.03. The number of benzene rings is 2. The van der Waals surface area contributed by atoms with Gasteiger partial charge in [0.1, 0.15) is 10.7 Å². The van der Waals surface area contributed by atoms with E-state index in [2.05, 4.69) is 5.32 Å². The standard InChI is InChI=1S/C20H22ClFN2O3S/c1-14-4-3-9-24(13-14)28(26,27)19-11-16(7-8-18(19)21)20(25)23-12-15-5-2-6-17(22)10-15/h2,5-8,10-11,14H,3-4,9,12-13H2,1H3,(H,23,25). The van der Waals surface area contributed by atoms with Gasteiger partial charge in [0.2, 0.25) is 10.0 Å². The van der Waals surface area contributed by atoms with Crippen LogP contribution in [-0.2, 0) is 16.6 Å². The highest BCUT2D eigenvalue weighted by Gasteiger charge is 2.30. The van der Waals surface area contributed by atoms with E-state index in [0.717, 1.165) is 12.8 Å². The molecule has 5 nitrogen and oxygen atoms in total. The van der Waals surface area contributed by atoms with E-state index in [-0.39, 0.29) is 33.8 Å². The molecule has 0 bridgehead atoms. The van der Waals surface area contributed by atoms with Gasteiger partial charge in [-0.2, -0.15) is 4.31 Å². The van der Waals surface area contributed by atoms with Crippen LogP contribution in [0.5, 0.6) is 0 Å². The predicted molar refractivity (Wildman–Crippen MR) is 106 cm³/mol. The van der Waals surface area contributed by atoms with Gasteiger partial charge >= 0.3 is 0 Å². The molecule has 1 unspecified atom stereocenters. The molecule has 150 valence electrons. The molecule has 1 aliphatic rings. The maximum atomic E-state index is 13.2. The van der Waals surface area contributed by atoms with Crippen molar-refractivity contribution in [3.8, 4) is 0 Å². The molecule has 1 atom stereocenters. The van der Waals surface area contributed by atoms with Gasteiger partial charge in [0.25, 0.3) is 5.91 Å². The first kappa shape index (κ1) is 20.8. The SMILES string of the molecule is CC1CCCN(S(=O)(=O)c2cc(C(=O)NCc3cccc(F)c3)ccc2Cl)C1. The molecule has 2 aromatic rings. The Morgan fingerprint density at radius 1 is 1.29 bits per heavy atom. The van der Waals surface area contributed by atoms with Crippen molar-refractivity contribution >= 4 is 27.5 Å². The van der Waals surface area contributed by atoms with Gasteiger partial charge in [0.05, 0.1) is 5.02 Å². The Bertz CT molecular complexity index is 981. The van der Waals surface area contributed by atoms with E-state index in [9.17, 15) is 17.6 Å². The Labute approximate surface area is 169 Å². The van der Waals surface area contributed by atoms with E-state index in [4.69, 9.17) is 11.6 Å². The zero-order valence-electron chi connectivity index (χ0n) is 15.5. The quantitative estimate of drug-likeness (QED) is 0.793. The Morgan fingerprint density at radius 2 is 2.07 bits per heavy atom. The number of carbonyl (C=O) groups excluding carboxylic acids is 1. The number of rotatable bonds is 5. The number of nitrogens with one attached hydrogen (secondary N) is 1. The average molecular weight is 425 g/mol. The zero-order valence-corrected chi connectivity index (χ0v) is 17.1. The lowest BCUT2D eigenvalue weighted by Gasteiger charge is -2.30. The average Bonchev–Trinajstić information content (AvgIpc) is 2.66. The molecule has 1 saturated heterocycles. The van der Waals surface area contributed by atoms with Gasteiger partial charge in [-0.05, 0) is 54.7 Å². The van der Waals surface area contributed by atoms with E-state index >= 15 is 0 Å². The van der Waals surface area contributed by atoms with Crippen molar-refractivity contribution < 1.29 is 17.6 Å². The van der Waals surface area contributed by atoms with Crippen molar-refractivity contribution in [3.05, 3.63) is 64.4 Å². The molecule has 0 spiro atoms. The summed E-state index contributed by atoms with van der Waals surface area (Å²) in [5, 5.41) is 2.75. The van der Waals surface area contributed by atoms with Gasteiger partial charge in [-0.3, -0.25) is 4.79 Å². The van der Waals surface area contributed by atoms with Crippen LogP contribution in [0.4, 0.5) is 4.39 Å². The molecule has 0 aliphatic carbocycles. The number of sulfonamides is 1. The van der Waals surface area contributed by atoms with Crippen LogP contribution >= 0.6 is 11.6 Å². The van der Waals surface area contributed by atoms with Crippen LogP contribution in [0.2, 0.25) is 5.02 Å². The van der Waals surface area contributed by atoms with Gasteiger partial charge in [-0.15, -0.1) is 0 Å². The molecule has 1 fully saturated rings. The molecule has 28 heavy (non-hydrogen) atoms. The highest BCUT2D eigenvalue weighted by molar-refractivity contribution is 7.89. The monoisotopic (exact) mass is 424 g/mol. The largest absolute Gasteiger partial charge is 0.348 e. The summed E-state index contributed by atoms with van der Waals surface area (Å²) in [4.78, 5) is 12.4. The second-order valence-electron chi connectivity index (χ2n) is 7.07. The second-order valence-corrected chi connectivity index (χ2v) is 9.38. The number of hydrogen-bond donors (Lipinski definition) is 1. The number of amides is 1. The number of piperidine rings is 1. The van der Waals surface area contributed by atoms with E-state index in [1.807, 2.05) is 6.92 Å². The maximum absolute atomic E-state index is 13.2. The van der Waals surface area contributed by atoms with Gasteiger partial charge in [0.15, 0.2) is 0 Å². The molecule has 1 amide bonds. The van der Waals surface area contributed by atoms with Gasteiger partial charge in [0, 0.05) is 25.2 Å². The first-order valence-electron chi connectivity index (χ1n) is 9.09. The van der Waals surface area contributed by atoms with Gasteiger partial charge in [-0.1, -0.05) is 30.7 Å². The molecule has 2 aromatic carbocycles. The molecule has 0 saturated carbocycles. The van der Waals surface area contributed by atoms with Crippen LogP contribution in [0.3, 0.4) is 0 Å². The van der Waals surface area contributed by atoms with Crippen molar-refractivity contribution in [2.24, 2.45) is 5.92 Å². The highest BCUT2D eigenvalue weighted by atomic mass is 35.5. The summed E-state index contributed by atoms with van der Waals surface area (Å²) in [6.07, 6.45) is 1.79. The summed E-state index contributed by atoms with van der Waals surface area (Å²) in [7, 11) is -3.78. The van der Waals surface area contributed by atoms with Crippen molar-refractivity contribution in [1.82, 2.24) is 9.62 Å². The van der Waals surface area contributed by atoms with Crippen molar-refractivity contribution in [2.45, 2.75) is 31.2 Å². The van der Waals surface area contributed by atoms with Crippen LogP contribution in [0.15, 0.2) is 47.4 Å². The molecule has 1 N–H and O–H groups in total. The third kappa shape index (κ3) is 4.71. The number of halogens is 2. The van der Waals surface area contributed by atoms with Gasteiger partial charge < -0.3 is 5.32 Å². The van der Waals surface area contributed by atoms with E-state index in [1.165, 1.54) is 34.6 Å². The Morgan fingerprint density at radius 3 is 2.79 bits per heavy atom. The topological polar surface area (TPSA) is 66.5 Å². The first-order chi connectivity index (χ1) is 13.3. The molecule has 3 rings (SSSR count). The molecule has 1 heterocycles. The molecule has 1 aliphatic heterocycles. The van der Waals surface area contributed by atoms with Gasteiger partial charge in [-0.25, -0.2) is 12.8 Å². The van der Waals surface area contributed by atoms with E-state index in [0.29, 0.717) is 18.7 Å². The van der Waals surface area contributed by atoms with E-state index in [1.54, 1.807) is 12.1 Å². The van der Waals surface area contributed by atoms with Crippen LogP contribution in [0.25, 0.3) is 0 Å². The maximum Gasteiger partial charge on any atom is 0.251 e. The fourth-order valence-electron chi connectivity index (χ4n) is 3.28. The lowest BCUT2D eigenvalue weighted by atomic mass is 10.0. The minimum atomic E-state index is -3.78. The van der Waals surface area contributed by atoms with Crippen molar-refractivity contribution in [1.29, 1.82) is 0 Å². The summed E-state index contributed by atoms with van der Waals surface area (Å²) in [5.41, 5.74) is 0.793. The number of carbonyl (C=O) groups is 1. The predicted octanol–water partition coefficient (Wildman–Crippen LogP) is 3.83. The molecule has 8 heteroatoms. The van der Waals surface area contributed by atoms with E-state index < -0.39 is 15.9 Å². The van der Waals surface area contributed by atoms with Crippen molar-refractivity contribution in [2.75, 3.05) is 13.1 Å². The number of nitrogens with zero attached hydrogens (tertiary/aromatic N) is 1. The summed E-state index contributed by atoms with van der Waals surface area (Å²) < 4.78 is 40.7. The Balaban J connectivity index is 1.79. The Hall–Kier alpha value is -1.96. The fraction of sp³-hybridized carbons (Fsp3) is 0.350. The van der Waals surface area contributed by atoms with Crippen molar-refractivity contribution in [3.63, 3.8) is 0 Å². The fourth-order valence-corrected chi connectivity index (χ4v) is 5.38. The zero-order chi connectivity index (χ0) is 20.3. The molecule has 0 radical (unpaired) electrons.